The zero-order valence-corrected chi connectivity index (χ0v) is 12.3. The number of fused-ring (bicyclic) bond motifs is 1. The summed E-state index contributed by atoms with van der Waals surface area (Å²) in [6.45, 7) is 0. The van der Waals surface area contributed by atoms with Crippen LogP contribution in [0.5, 0.6) is 0 Å². The van der Waals surface area contributed by atoms with Gasteiger partial charge in [-0.05, 0) is 18.2 Å². The molecule has 0 saturated heterocycles. The fourth-order valence-corrected chi connectivity index (χ4v) is 2.93. The lowest BCUT2D eigenvalue weighted by Gasteiger charge is -2.09. The number of imidazole rings is 1. The molecule has 0 radical (unpaired) electrons. The molecule has 1 heterocycles. The third-order valence-electron chi connectivity index (χ3n) is 2.74. The molecule has 0 atom stereocenters. The molecule has 0 amide bonds. The molecule has 2 rings (SSSR count). The van der Waals surface area contributed by atoms with E-state index in [0.29, 0.717) is 16.1 Å². The van der Waals surface area contributed by atoms with E-state index in [1.165, 1.54) is 10.6 Å². The van der Waals surface area contributed by atoms with Gasteiger partial charge < -0.3 is 4.57 Å². The molecule has 0 unspecified atom stereocenters. The number of alkyl halides is 3. The van der Waals surface area contributed by atoms with E-state index < -0.39 is 28.4 Å². The van der Waals surface area contributed by atoms with E-state index in [2.05, 4.69) is 4.98 Å². The number of anilines is 1. The van der Waals surface area contributed by atoms with Crippen molar-refractivity contribution < 1.29 is 21.6 Å². The van der Waals surface area contributed by atoms with Crippen LogP contribution in [0.15, 0.2) is 18.2 Å². The molecule has 0 saturated carbocycles. The van der Waals surface area contributed by atoms with Gasteiger partial charge in [-0.15, -0.1) is 0 Å². The predicted molar refractivity (Wildman–Crippen MR) is 73.8 cm³/mol. The Kier molecular flexibility index (Phi) is 4.07. The van der Waals surface area contributed by atoms with Crippen molar-refractivity contribution in [1.29, 1.82) is 0 Å². The van der Waals surface area contributed by atoms with Gasteiger partial charge in [0.1, 0.15) is 0 Å². The van der Waals surface area contributed by atoms with Gasteiger partial charge in [-0.2, -0.15) is 13.2 Å². The number of rotatable bonds is 4. The molecule has 0 spiro atoms. The lowest BCUT2D eigenvalue weighted by Crippen LogP contribution is -2.23. The highest BCUT2D eigenvalue weighted by molar-refractivity contribution is 7.92. The van der Waals surface area contributed by atoms with Crippen LogP contribution in [0, 0.1) is 0 Å². The Morgan fingerprint density at radius 3 is 2.67 bits per heavy atom. The quantitative estimate of drug-likeness (QED) is 0.930. The van der Waals surface area contributed by atoms with Crippen LogP contribution < -0.4 is 4.72 Å². The molecule has 0 fully saturated rings. The van der Waals surface area contributed by atoms with Gasteiger partial charge in [0.25, 0.3) is 0 Å². The first kappa shape index (κ1) is 15.9. The highest BCUT2D eigenvalue weighted by Gasteiger charge is 2.30. The van der Waals surface area contributed by atoms with Crippen LogP contribution in [0.25, 0.3) is 11.0 Å². The van der Waals surface area contributed by atoms with Crippen LogP contribution >= 0.6 is 11.6 Å². The lowest BCUT2D eigenvalue weighted by atomic mass is 10.3. The maximum absolute atomic E-state index is 12.1. The number of sulfonamides is 1. The van der Waals surface area contributed by atoms with E-state index in [1.807, 2.05) is 4.72 Å². The predicted octanol–water partition coefficient (Wildman–Crippen LogP) is 2.92. The summed E-state index contributed by atoms with van der Waals surface area (Å²) in [7, 11) is -2.59. The second kappa shape index (κ2) is 5.38. The molecular formula is C11H11ClF3N3O2S. The second-order valence-corrected chi connectivity index (χ2v) is 6.69. The maximum Gasteiger partial charge on any atom is 0.390 e. The minimum absolute atomic E-state index is 0.0607. The van der Waals surface area contributed by atoms with Gasteiger partial charge in [-0.25, -0.2) is 13.4 Å². The molecule has 2 aromatic rings. The van der Waals surface area contributed by atoms with Crippen LogP contribution in [0.2, 0.25) is 5.02 Å². The molecule has 0 aliphatic carbocycles. The summed E-state index contributed by atoms with van der Waals surface area (Å²) in [6, 6.07) is 4.77. The number of nitrogens with one attached hydrogen (secondary N) is 1. The van der Waals surface area contributed by atoms with E-state index in [9.17, 15) is 21.6 Å². The van der Waals surface area contributed by atoms with E-state index in [0.717, 1.165) is 0 Å². The van der Waals surface area contributed by atoms with Crippen molar-refractivity contribution in [3.63, 3.8) is 0 Å². The zero-order chi connectivity index (χ0) is 15.8. The van der Waals surface area contributed by atoms with Gasteiger partial charge in [0.15, 0.2) is 0 Å². The van der Waals surface area contributed by atoms with E-state index in [4.69, 9.17) is 11.6 Å². The number of aryl methyl sites for hydroxylation is 1. The Morgan fingerprint density at radius 1 is 1.38 bits per heavy atom. The Morgan fingerprint density at radius 2 is 2.05 bits per heavy atom. The number of hydrogen-bond acceptors (Lipinski definition) is 3. The Labute approximate surface area is 123 Å². The van der Waals surface area contributed by atoms with Crippen molar-refractivity contribution in [2.75, 3.05) is 10.5 Å². The van der Waals surface area contributed by atoms with Crippen molar-refractivity contribution >= 4 is 38.6 Å². The van der Waals surface area contributed by atoms with Crippen LogP contribution in [-0.4, -0.2) is 29.9 Å². The smallest absolute Gasteiger partial charge is 0.313 e. The standard InChI is InChI=1S/C11H11ClF3N3O2S/c1-18-9-3-2-7(12)6-8(9)16-10(18)17-21(19,20)5-4-11(13,14)15/h2-3,6H,4-5H2,1H3,(H,16,17). The molecule has 21 heavy (non-hydrogen) atoms. The van der Waals surface area contributed by atoms with Crippen molar-refractivity contribution in [2.24, 2.45) is 7.05 Å². The highest BCUT2D eigenvalue weighted by Crippen LogP contribution is 2.24. The lowest BCUT2D eigenvalue weighted by molar-refractivity contribution is -0.129. The molecule has 10 heteroatoms. The van der Waals surface area contributed by atoms with Gasteiger partial charge >= 0.3 is 6.18 Å². The van der Waals surface area contributed by atoms with Crippen LogP contribution in [0.3, 0.4) is 0 Å². The first-order chi connectivity index (χ1) is 9.57. The average Bonchev–Trinajstić information content (AvgIpc) is 2.62. The summed E-state index contributed by atoms with van der Waals surface area (Å²) < 4.78 is 63.0. The summed E-state index contributed by atoms with van der Waals surface area (Å²) in [5.41, 5.74) is 1.05. The molecule has 0 aliphatic heterocycles. The van der Waals surface area contributed by atoms with Gasteiger partial charge in [0.05, 0.1) is 23.2 Å². The van der Waals surface area contributed by atoms with Gasteiger partial charge in [0, 0.05) is 12.1 Å². The van der Waals surface area contributed by atoms with Crippen LogP contribution in [0.1, 0.15) is 6.42 Å². The first-order valence-corrected chi connectivity index (χ1v) is 7.80. The van der Waals surface area contributed by atoms with Crippen molar-refractivity contribution in [3.8, 4) is 0 Å². The van der Waals surface area contributed by atoms with Crippen LogP contribution in [-0.2, 0) is 17.1 Å². The SMILES string of the molecule is Cn1c(NS(=O)(=O)CCC(F)(F)F)nc2cc(Cl)ccc21. The summed E-state index contributed by atoms with van der Waals surface area (Å²) in [5, 5.41) is 0.423. The summed E-state index contributed by atoms with van der Waals surface area (Å²) in [6.07, 6.45) is -5.95. The topological polar surface area (TPSA) is 64.0 Å². The molecular weight excluding hydrogens is 331 g/mol. The summed E-state index contributed by atoms with van der Waals surface area (Å²) in [4.78, 5) is 4.01. The largest absolute Gasteiger partial charge is 0.390 e. The number of hydrogen-bond donors (Lipinski definition) is 1. The molecule has 0 bridgehead atoms. The first-order valence-electron chi connectivity index (χ1n) is 5.77. The van der Waals surface area contributed by atoms with Crippen molar-refractivity contribution in [3.05, 3.63) is 23.2 Å². The third-order valence-corrected chi connectivity index (χ3v) is 4.21. The molecule has 1 aromatic carbocycles. The average molecular weight is 342 g/mol. The number of halogens is 4. The number of benzene rings is 1. The monoisotopic (exact) mass is 341 g/mol. The van der Waals surface area contributed by atoms with Crippen molar-refractivity contribution in [1.82, 2.24) is 9.55 Å². The molecule has 116 valence electrons. The van der Waals surface area contributed by atoms with E-state index in [-0.39, 0.29) is 5.95 Å². The fourth-order valence-electron chi connectivity index (χ4n) is 1.70. The van der Waals surface area contributed by atoms with E-state index >= 15 is 0 Å². The summed E-state index contributed by atoms with van der Waals surface area (Å²) in [5.74, 6) is -1.12. The highest BCUT2D eigenvalue weighted by atomic mass is 35.5. The normalized spacial score (nSPS) is 12.8. The minimum atomic E-state index is -4.53. The van der Waals surface area contributed by atoms with Crippen molar-refractivity contribution in [2.45, 2.75) is 12.6 Å². The van der Waals surface area contributed by atoms with Crippen LogP contribution in [0.4, 0.5) is 19.1 Å². The van der Waals surface area contributed by atoms with Gasteiger partial charge in [0.2, 0.25) is 16.0 Å². The summed E-state index contributed by atoms with van der Waals surface area (Å²) >= 11 is 5.80. The third kappa shape index (κ3) is 4.01. The Balaban J connectivity index is 2.25. The van der Waals surface area contributed by atoms with E-state index in [1.54, 1.807) is 19.2 Å². The Hall–Kier alpha value is -1.48. The minimum Gasteiger partial charge on any atom is -0.313 e. The maximum atomic E-state index is 12.1. The number of nitrogens with zero attached hydrogens (tertiary/aromatic N) is 2. The molecule has 0 aliphatic rings. The fraction of sp³-hybridized carbons (Fsp3) is 0.364. The molecule has 1 N–H and O–H groups in total. The molecule has 5 nitrogen and oxygen atoms in total. The number of aromatic nitrogens is 2. The zero-order valence-electron chi connectivity index (χ0n) is 10.8. The Bertz CT molecular complexity index is 771. The molecule has 1 aromatic heterocycles. The second-order valence-electron chi connectivity index (χ2n) is 4.41. The van der Waals surface area contributed by atoms with Gasteiger partial charge in [-0.3, -0.25) is 4.72 Å². The van der Waals surface area contributed by atoms with Gasteiger partial charge in [-0.1, -0.05) is 11.6 Å².